The van der Waals surface area contributed by atoms with Gasteiger partial charge in [-0.1, -0.05) is 66.2 Å². The number of benzene rings is 4. The van der Waals surface area contributed by atoms with Gasteiger partial charge in [-0.2, -0.15) is 0 Å². The third-order valence-electron chi connectivity index (χ3n) is 7.93. The van der Waals surface area contributed by atoms with Crippen LogP contribution in [-0.2, 0) is 17.5 Å². The molecular weight excluding hydrogens is 615 g/mol. The fourth-order valence-electron chi connectivity index (χ4n) is 5.77. The number of phenolic OH excluding ortho intramolecular Hbond substituents is 1. The molecule has 1 aliphatic carbocycles. The van der Waals surface area contributed by atoms with Crippen LogP contribution in [0.3, 0.4) is 0 Å². The van der Waals surface area contributed by atoms with Crippen molar-refractivity contribution in [2.45, 2.75) is 31.8 Å². The normalized spacial score (nSPS) is 17.5. The molecule has 44 heavy (non-hydrogen) atoms. The molecule has 224 valence electrons. The van der Waals surface area contributed by atoms with Gasteiger partial charge in [0.25, 0.3) is 0 Å². The Bertz CT molecular complexity index is 1850. The van der Waals surface area contributed by atoms with Crippen molar-refractivity contribution < 1.29 is 23.5 Å². The molecule has 0 saturated heterocycles. The Hall–Kier alpha value is -3.97. The van der Waals surface area contributed by atoms with Crippen LogP contribution >= 0.6 is 30.7 Å². The van der Waals surface area contributed by atoms with Crippen molar-refractivity contribution in [3.63, 3.8) is 0 Å². The molecule has 1 unspecified atom stereocenters. The van der Waals surface area contributed by atoms with Crippen LogP contribution in [0.5, 0.6) is 23.0 Å². The molecule has 5 aromatic rings. The highest BCUT2D eigenvalue weighted by Gasteiger charge is 2.44. The van der Waals surface area contributed by atoms with E-state index in [0.717, 1.165) is 38.9 Å². The first-order valence-electron chi connectivity index (χ1n) is 14.4. The number of amidine groups is 1. The maximum Gasteiger partial charge on any atom is 0.564 e. The molecule has 1 atom stereocenters. The van der Waals surface area contributed by atoms with E-state index in [-0.39, 0.29) is 11.8 Å². The molecule has 1 aromatic heterocycles. The quantitative estimate of drug-likeness (QED) is 0.161. The number of fused-ring (bicyclic) bond motifs is 2. The average Bonchev–Trinajstić information content (AvgIpc) is 3.82. The summed E-state index contributed by atoms with van der Waals surface area (Å²) in [5.41, 5.74) is 1.95. The Kier molecular flexibility index (Phi) is 7.75. The minimum atomic E-state index is -4.16. The van der Waals surface area contributed by atoms with E-state index in [4.69, 9.17) is 30.1 Å². The number of rotatable bonds is 9. The number of methoxy groups -OCH3 is 1. The second-order valence-corrected chi connectivity index (χ2v) is 14.0. The summed E-state index contributed by atoms with van der Waals surface area (Å²) in [6, 6.07) is 29.5. The van der Waals surface area contributed by atoms with Gasteiger partial charge in [-0.25, -0.2) is 4.57 Å². The van der Waals surface area contributed by atoms with Crippen molar-refractivity contribution in [1.82, 2.24) is 4.90 Å². The summed E-state index contributed by atoms with van der Waals surface area (Å²) in [5, 5.41) is 12.4. The first-order chi connectivity index (χ1) is 21.4. The number of halogens is 1. The zero-order valence-electron chi connectivity index (χ0n) is 23.9. The largest absolute Gasteiger partial charge is 0.564 e. The summed E-state index contributed by atoms with van der Waals surface area (Å²) in [4.78, 5) is 3.19. The second-order valence-electron chi connectivity index (χ2n) is 10.9. The number of nitrogens with zero attached hydrogens (tertiary/aromatic N) is 2. The molecular formula is C34H30ClN2O5PS. The number of ether oxygens (including phenoxy) is 1. The lowest BCUT2D eigenvalue weighted by Crippen LogP contribution is -2.41. The van der Waals surface area contributed by atoms with Gasteiger partial charge >= 0.3 is 7.75 Å². The molecule has 0 bridgehead atoms. The van der Waals surface area contributed by atoms with E-state index >= 15 is 0 Å². The van der Waals surface area contributed by atoms with Crippen molar-refractivity contribution in [2.75, 3.05) is 7.11 Å². The minimum Gasteiger partial charge on any atom is -0.504 e. The van der Waals surface area contributed by atoms with Crippen molar-refractivity contribution in [1.29, 1.82) is 0 Å². The maximum absolute atomic E-state index is 14.6. The van der Waals surface area contributed by atoms with E-state index in [1.165, 1.54) is 0 Å². The van der Waals surface area contributed by atoms with E-state index < -0.39 is 7.75 Å². The summed E-state index contributed by atoms with van der Waals surface area (Å²) in [6.45, 7) is 0.456. The molecule has 10 heteroatoms. The molecule has 0 amide bonds. The zero-order chi connectivity index (χ0) is 30.3. The fraction of sp³-hybridized carbons (Fsp3) is 0.206. The molecule has 7 nitrogen and oxygen atoms in total. The summed E-state index contributed by atoms with van der Waals surface area (Å²) in [6.07, 6.45) is 2.38. The van der Waals surface area contributed by atoms with Crippen molar-refractivity contribution in [3.05, 3.63) is 118 Å². The van der Waals surface area contributed by atoms with Crippen LogP contribution in [0.1, 0.15) is 34.9 Å². The molecule has 7 rings (SSSR count). The van der Waals surface area contributed by atoms with Crippen molar-refractivity contribution in [3.8, 4) is 23.0 Å². The molecule has 2 aliphatic rings. The molecule has 0 spiro atoms. The van der Waals surface area contributed by atoms with Gasteiger partial charge in [0.05, 0.1) is 24.7 Å². The highest BCUT2D eigenvalue weighted by atomic mass is 35.5. The lowest BCUT2D eigenvalue weighted by molar-refractivity contribution is 0.265. The van der Waals surface area contributed by atoms with Crippen molar-refractivity contribution >= 4 is 46.6 Å². The van der Waals surface area contributed by atoms with Crippen LogP contribution in [0.25, 0.3) is 10.1 Å². The molecule has 1 fully saturated rings. The number of hydrogen-bond donors (Lipinski definition) is 1. The Morgan fingerprint density at radius 2 is 1.59 bits per heavy atom. The lowest BCUT2D eigenvalue weighted by Gasteiger charge is -2.40. The van der Waals surface area contributed by atoms with Gasteiger partial charge in [0, 0.05) is 21.4 Å². The standard InChI is InChI=1S/C34H30ClN2O5PS/c1-40-29-20-27-23(18-28(29)38)19-32(36-43(39,41-24-10-4-2-5-11-24)42-25-12-6-3-7-13-25)37(34(27)22-16-17-22)21-31-33(35)26-14-8-9-15-30(26)44-31/h2-15,18,20,22,34,38H,16-17,19,21H2,1H3/b36-32-. The van der Waals surface area contributed by atoms with Gasteiger partial charge in [-0.05, 0) is 72.4 Å². The average molecular weight is 645 g/mol. The maximum atomic E-state index is 14.6. The van der Waals surface area contributed by atoms with E-state index in [0.29, 0.717) is 47.0 Å². The van der Waals surface area contributed by atoms with Gasteiger partial charge in [0.2, 0.25) is 0 Å². The highest BCUT2D eigenvalue weighted by Crippen LogP contribution is 2.54. The van der Waals surface area contributed by atoms with Crippen molar-refractivity contribution in [2.24, 2.45) is 10.7 Å². The predicted molar refractivity (Wildman–Crippen MR) is 175 cm³/mol. The van der Waals surface area contributed by atoms with Crippen LogP contribution in [0.2, 0.25) is 5.02 Å². The Morgan fingerprint density at radius 3 is 2.20 bits per heavy atom. The summed E-state index contributed by atoms with van der Waals surface area (Å²) in [7, 11) is -2.61. The SMILES string of the molecule is COc1cc2c(cc1O)C/C(=N/P(=O)(Oc1ccccc1)Oc1ccccc1)N(Cc1sc3ccccc3c1Cl)C2C1CC1. The Balaban J connectivity index is 1.38. The van der Waals surface area contributed by atoms with Gasteiger partial charge < -0.3 is 23.8 Å². The number of hydrogen-bond acceptors (Lipinski definition) is 6. The summed E-state index contributed by atoms with van der Waals surface area (Å²) in [5.74, 6) is 2.11. The highest BCUT2D eigenvalue weighted by molar-refractivity contribution is 7.53. The number of para-hydroxylation sites is 2. The van der Waals surface area contributed by atoms with Gasteiger partial charge in [0.15, 0.2) is 11.5 Å². The number of thiophene rings is 1. The van der Waals surface area contributed by atoms with Crippen LogP contribution in [0, 0.1) is 5.92 Å². The molecule has 1 N–H and O–H groups in total. The fourth-order valence-corrected chi connectivity index (χ4v) is 8.63. The van der Waals surface area contributed by atoms with Gasteiger partial charge in [0.1, 0.15) is 17.3 Å². The third-order valence-corrected chi connectivity index (χ3v) is 11.0. The first-order valence-corrected chi connectivity index (χ1v) is 17.1. The summed E-state index contributed by atoms with van der Waals surface area (Å²) < 4.78 is 38.2. The number of aromatic hydroxyl groups is 1. The number of phenols is 1. The molecule has 2 heterocycles. The van der Waals surface area contributed by atoms with E-state index in [9.17, 15) is 9.67 Å². The molecule has 1 saturated carbocycles. The first kappa shape index (κ1) is 28.8. The lowest BCUT2D eigenvalue weighted by atomic mass is 9.88. The molecule has 4 aromatic carbocycles. The second kappa shape index (κ2) is 11.8. The van der Waals surface area contributed by atoms with Gasteiger partial charge in [-0.15, -0.1) is 16.1 Å². The monoisotopic (exact) mass is 644 g/mol. The molecule has 0 radical (unpaired) electrons. The molecule has 1 aliphatic heterocycles. The minimum absolute atomic E-state index is 0.0467. The van der Waals surface area contributed by atoms with Crippen LogP contribution in [0.4, 0.5) is 0 Å². The zero-order valence-corrected chi connectivity index (χ0v) is 26.4. The summed E-state index contributed by atoms with van der Waals surface area (Å²) >= 11 is 8.61. The predicted octanol–water partition coefficient (Wildman–Crippen LogP) is 9.44. The third kappa shape index (κ3) is 5.77. The van der Waals surface area contributed by atoms with Crippen LogP contribution in [0.15, 0.2) is 102 Å². The van der Waals surface area contributed by atoms with E-state index in [2.05, 4.69) is 11.0 Å². The van der Waals surface area contributed by atoms with E-state index in [1.807, 2.05) is 36.4 Å². The Morgan fingerprint density at radius 1 is 0.955 bits per heavy atom. The Labute approximate surface area is 264 Å². The van der Waals surface area contributed by atoms with Crippen LogP contribution < -0.4 is 13.8 Å². The smallest absolute Gasteiger partial charge is 0.504 e. The topological polar surface area (TPSA) is 80.6 Å². The van der Waals surface area contributed by atoms with E-state index in [1.54, 1.807) is 73.0 Å². The van der Waals surface area contributed by atoms with Crippen LogP contribution in [-0.4, -0.2) is 23.0 Å². The van der Waals surface area contributed by atoms with Gasteiger partial charge in [-0.3, -0.25) is 0 Å².